The number of halogens is 1. The maximum atomic E-state index is 12.4. The van der Waals surface area contributed by atoms with Crippen LogP contribution in [0.4, 0.5) is 0 Å². The molecule has 0 radical (unpaired) electrons. The highest BCUT2D eigenvalue weighted by molar-refractivity contribution is 9.10. The Hall–Kier alpha value is -0.923. The summed E-state index contributed by atoms with van der Waals surface area (Å²) in [5.74, 6) is 0. The Morgan fingerprint density at radius 2 is 1.75 bits per heavy atom. The minimum atomic E-state index is -1.90. The number of hydrogen-bond acceptors (Lipinski definition) is 3. The lowest BCUT2D eigenvalue weighted by Crippen LogP contribution is -2.48. The predicted octanol–water partition coefficient (Wildman–Crippen LogP) is 4.45. The van der Waals surface area contributed by atoms with Gasteiger partial charge >= 0.3 is 5.69 Å². The normalized spacial score (nSPS) is 12.9. The van der Waals surface area contributed by atoms with Crippen LogP contribution in [0.25, 0.3) is 5.65 Å². The zero-order valence-electron chi connectivity index (χ0n) is 15.4. The van der Waals surface area contributed by atoms with Crippen LogP contribution in [0.15, 0.2) is 27.6 Å². The van der Waals surface area contributed by atoms with Gasteiger partial charge in [-0.05, 0) is 28.8 Å². The summed E-state index contributed by atoms with van der Waals surface area (Å²) in [4.78, 5) is 12.4. The van der Waals surface area contributed by atoms with Gasteiger partial charge in [0, 0.05) is 10.7 Å². The smallest absolute Gasteiger partial charge is 0.350 e. The van der Waals surface area contributed by atoms with Crippen LogP contribution in [0.5, 0.6) is 0 Å². The molecule has 0 saturated heterocycles. The van der Waals surface area contributed by atoms with Crippen LogP contribution in [-0.2, 0) is 11.0 Å². The molecule has 134 valence electrons. The first-order valence-electron chi connectivity index (χ1n) is 8.58. The van der Waals surface area contributed by atoms with E-state index in [1.54, 1.807) is 10.6 Å². The topological polar surface area (TPSA) is 48.5 Å². The van der Waals surface area contributed by atoms with Crippen molar-refractivity contribution in [3.63, 3.8) is 0 Å². The van der Waals surface area contributed by atoms with Crippen LogP contribution in [0.3, 0.4) is 0 Å². The molecular weight excluding hydrogens is 386 g/mol. The largest absolute Gasteiger partial charge is 0.414 e. The van der Waals surface area contributed by atoms with Gasteiger partial charge < -0.3 is 4.43 Å². The second-order valence-corrected chi connectivity index (χ2v) is 13.6. The SMILES string of the molecule is CC(C)[Si](OCCn1nc2cc(Br)ccn2c1=O)(C(C)C)C(C)C. The number of pyridine rings is 1. The summed E-state index contributed by atoms with van der Waals surface area (Å²) in [6.07, 6.45) is 1.74. The molecule has 0 fully saturated rings. The van der Waals surface area contributed by atoms with E-state index in [4.69, 9.17) is 4.43 Å². The van der Waals surface area contributed by atoms with Crippen molar-refractivity contribution in [2.24, 2.45) is 0 Å². The Morgan fingerprint density at radius 1 is 1.17 bits per heavy atom. The van der Waals surface area contributed by atoms with E-state index in [9.17, 15) is 4.79 Å². The molecule has 2 rings (SSSR count). The number of aromatic nitrogens is 3. The number of fused-ring (bicyclic) bond motifs is 1. The van der Waals surface area contributed by atoms with Gasteiger partial charge in [0.1, 0.15) is 0 Å². The van der Waals surface area contributed by atoms with E-state index in [1.165, 1.54) is 4.68 Å². The minimum absolute atomic E-state index is 0.119. The summed E-state index contributed by atoms with van der Waals surface area (Å²) in [6, 6.07) is 3.68. The molecule has 0 N–H and O–H groups in total. The number of nitrogens with zero attached hydrogens (tertiary/aromatic N) is 3. The molecular formula is C17H28BrN3O2Si. The highest BCUT2D eigenvalue weighted by atomic mass is 79.9. The van der Waals surface area contributed by atoms with Crippen LogP contribution in [0, 0.1) is 0 Å². The van der Waals surface area contributed by atoms with Crippen LogP contribution >= 0.6 is 15.9 Å². The molecule has 2 heterocycles. The van der Waals surface area contributed by atoms with Crippen molar-refractivity contribution in [3.8, 4) is 0 Å². The van der Waals surface area contributed by atoms with Gasteiger partial charge in [-0.3, -0.25) is 4.40 Å². The molecule has 0 bridgehead atoms. The zero-order valence-corrected chi connectivity index (χ0v) is 18.0. The molecule has 5 nitrogen and oxygen atoms in total. The van der Waals surface area contributed by atoms with Gasteiger partial charge in [-0.1, -0.05) is 57.5 Å². The molecule has 0 unspecified atom stereocenters. The average molecular weight is 414 g/mol. The fraction of sp³-hybridized carbons (Fsp3) is 0.647. The summed E-state index contributed by atoms with van der Waals surface area (Å²) < 4.78 is 10.5. The first kappa shape index (κ1) is 19.4. The van der Waals surface area contributed by atoms with Gasteiger partial charge in [0.05, 0.1) is 13.2 Å². The Kier molecular flexibility index (Phi) is 6.09. The first-order valence-corrected chi connectivity index (χ1v) is 11.5. The highest BCUT2D eigenvalue weighted by Crippen LogP contribution is 2.42. The molecule has 0 atom stereocenters. The highest BCUT2D eigenvalue weighted by Gasteiger charge is 2.44. The van der Waals surface area contributed by atoms with Crippen LogP contribution in [-0.4, -0.2) is 29.1 Å². The standard InChI is InChI=1S/C17H28BrN3O2Si/c1-12(2)24(13(3)4,14(5)6)23-10-9-21-17(22)20-8-7-15(18)11-16(20)19-21/h7-8,11-14H,9-10H2,1-6H3. The van der Waals surface area contributed by atoms with Gasteiger partial charge in [0.15, 0.2) is 14.0 Å². The van der Waals surface area contributed by atoms with Crippen molar-refractivity contribution in [3.05, 3.63) is 33.3 Å². The molecule has 0 aliphatic rings. The second-order valence-electron chi connectivity index (χ2n) is 7.24. The Bertz CT molecular complexity index is 730. The van der Waals surface area contributed by atoms with E-state index in [0.717, 1.165) is 4.47 Å². The Labute approximate surface area is 153 Å². The molecule has 0 amide bonds. The fourth-order valence-electron chi connectivity index (χ4n) is 3.95. The van der Waals surface area contributed by atoms with Crippen LogP contribution < -0.4 is 5.69 Å². The van der Waals surface area contributed by atoms with Gasteiger partial charge in [-0.2, -0.15) is 0 Å². The lowest BCUT2D eigenvalue weighted by atomic mass is 10.5. The third kappa shape index (κ3) is 3.53. The molecule has 2 aromatic heterocycles. The predicted molar refractivity (Wildman–Crippen MR) is 104 cm³/mol. The number of rotatable bonds is 7. The second kappa shape index (κ2) is 7.54. The number of hydrogen-bond donors (Lipinski definition) is 0. The molecule has 0 spiro atoms. The summed E-state index contributed by atoms with van der Waals surface area (Å²) >= 11 is 3.41. The maximum absolute atomic E-state index is 12.4. The van der Waals surface area contributed by atoms with E-state index >= 15 is 0 Å². The van der Waals surface area contributed by atoms with E-state index in [1.807, 2.05) is 12.1 Å². The summed E-state index contributed by atoms with van der Waals surface area (Å²) in [5.41, 5.74) is 2.13. The first-order chi connectivity index (χ1) is 11.2. The average Bonchev–Trinajstić information content (AvgIpc) is 2.78. The van der Waals surface area contributed by atoms with Crippen molar-refractivity contribution < 1.29 is 4.43 Å². The van der Waals surface area contributed by atoms with Gasteiger partial charge in [-0.15, -0.1) is 5.10 Å². The van der Waals surface area contributed by atoms with Crippen molar-refractivity contribution in [1.29, 1.82) is 0 Å². The monoisotopic (exact) mass is 413 g/mol. The third-order valence-electron chi connectivity index (χ3n) is 4.91. The maximum Gasteiger partial charge on any atom is 0.350 e. The molecule has 24 heavy (non-hydrogen) atoms. The summed E-state index contributed by atoms with van der Waals surface area (Å²) in [7, 11) is -1.90. The fourth-order valence-corrected chi connectivity index (χ4v) is 9.72. The molecule has 0 aromatic carbocycles. The molecule has 0 aliphatic carbocycles. The van der Waals surface area contributed by atoms with Crippen LogP contribution in [0.1, 0.15) is 41.5 Å². The van der Waals surface area contributed by atoms with E-state index in [0.29, 0.717) is 35.4 Å². The summed E-state index contributed by atoms with van der Waals surface area (Å²) in [5, 5.41) is 4.40. The third-order valence-corrected chi connectivity index (χ3v) is 11.5. The summed E-state index contributed by atoms with van der Waals surface area (Å²) in [6.45, 7) is 14.6. The molecule has 2 aromatic rings. The van der Waals surface area contributed by atoms with E-state index < -0.39 is 8.32 Å². The quantitative estimate of drug-likeness (QED) is 0.629. The van der Waals surface area contributed by atoms with Gasteiger partial charge in [-0.25, -0.2) is 9.48 Å². The lowest BCUT2D eigenvalue weighted by Gasteiger charge is -2.42. The van der Waals surface area contributed by atoms with Crippen molar-refractivity contribution in [2.45, 2.75) is 64.7 Å². The van der Waals surface area contributed by atoms with Gasteiger partial charge in [0.25, 0.3) is 0 Å². The Morgan fingerprint density at radius 3 is 2.29 bits per heavy atom. The Balaban J connectivity index is 2.18. The molecule has 0 saturated carbocycles. The minimum Gasteiger partial charge on any atom is -0.414 e. The van der Waals surface area contributed by atoms with Crippen molar-refractivity contribution >= 4 is 29.9 Å². The van der Waals surface area contributed by atoms with Crippen molar-refractivity contribution in [1.82, 2.24) is 14.2 Å². The van der Waals surface area contributed by atoms with E-state index in [2.05, 4.69) is 62.6 Å². The van der Waals surface area contributed by atoms with Crippen molar-refractivity contribution in [2.75, 3.05) is 6.61 Å². The van der Waals surface area contributed by atoms with Gasteiger partial charge in [0.2, 0.25) is 0 Å². The molecule has 0 aliphatic heterocycles. The zero-order chi connectivity index (χ0) is 18.1. The lowest BCUT2D eigenvalue weighted by molar-refractivity contribution is 0.255. The van der Waals surface area contributed by atoms with E-state index in [-0.39, 0.29) is 5.69 Å². The molecule has 7 heteroatoms. The van der Waals surface area contributed by atoms with Crippen LogP contribution in [0.2, 0.25) is 16.6 Å².